The van der Waals surface area contributed by atoms with E-state index in [2.05, 4.69) is 35.0 Å². The average Bonchev–Trinajstić information content (AvgIpc) is 2.20. The Morgan fingerprint density at radius 2 is 2.20 bits per heavy atom. The van der Waals surface area contributed by atoms with Crippen molar-refractivity contribution >= 4 is 21.9 Å². The number of aryl methyl sites for hydroxylation is 1. The molecule has 0 saturated heterocycles. The van der Waals surface area contributed by atoms with Gasteiger partial charge in [-0.05, 0) is 30.0 Å². The lowest BCUT2D eigenvalue weighted by Crippen LogP contribution is -2.12. The summed E-state index contributed by atoms with van der Waals surface area (Å²) in [5.41, 5.74) is 2.32. The molecule has 0 saturated carbocycles. The van der Waals surface area contributed by atoms with Crippen molar-refractivity contribution in [1.29, 1.82) is 0 Å². The molecule has 1 aromatic rings. The van der Waals surface area contributed by atoms with Crippen molar-refractivity contribution in [1.82, 2.24) is 0 Å². The molecular formula is C12H15BrO2. The Morgan fingerprint density at radius 3 is 2.67 bits per heavy atom. The van der Waals surface area contributed by atoms with Crippen LogP contribution in [0.4, 0.5) is 0 Å². The molecule has 3 heteroatoms. The van der Waals surface area contributed by atoms with E-state index < -0.39 is 5.97 Å². The molecule has 0 aliphatic heterocycles. The van der Waals surface area contributed by atoms with E-state index in [0.717, 1.165) is 16.5 Å². The second kappa shape index (κ2) is 5.31. The van der Waals surface area contributed by atoms with Gasteiger partial charge in [0.15, 0.2) is 0 Å². The van der Waals surface area contributed by atoms with Crippen LogP contribution in [0.5, 0.6) is 0 Å². The van der Waals surface area contributed by atoms with Gasteiger partial charge in [0.05, 0.1) is 5.92 Å². The number of hydrogen-bond acceptors (Lipinski definition) is 1. The highest BCUT2D eigenvalue weighted by Crippen LogP contribution is 2.22. The van der Waals surface area contributed by atoms with E-state index in [9.17, 15) is 4.79 Å². The lowest BCUT2D eigenvalue weighted by Gasteiger charge is -2.09. The van der Waals surface area contributed by atoms with Gasteiger partial charge in [-0.15, -0.1) is 0 Å². The summed E-state index contributed by atoms with van der Waals surface area (Å²) in [5.74, 6) is -1.09. The number of halogens is 1. The van der Waals surface area contributed by atoms with Crippen LogP contribution in [0.25, 0.3) is 0 Å². The third kappa shape index (κ3) is 3.34. The van der Waals surface area contributed by atoms with Gasteiger partial charge in [0.1, 0.15) is 0 Å². The van der Waals surface area contributed by atoms with Gasteiger partial charge in [-0.25, -0.2) is 0 Å². The van der Waals surface area contributed by atoms with Gasteiger partial charge in [-0.1, -0.05) is 41.9 Å². The largest absolute Gasteiger partial charge is 0.481 e. The van der Waals surface area contributed by atoms with Crippen molar-refractivity contribution < 1.29 is 9.90 Å². The van der Waals surface area contributed by atoms with Crippen LogP contribution in [0.15, 0.2) is 22.7 Å². The Morgan fingerprint density at radius 1 is 1.53 bits per heavy atom. The summed E-state index contributed by atoms with van der Waals surface area (Å²) in [7, 11) is 0. The van der Waals surface area contributed by atoms with E-state index in [0.29, 0.717) is 6.42 Å². The van der Waals surface area contributed by atoms with Crippen molar-refractivity contribution in [3.63, 3.8) is 0 Å². The number of rotatable bonds is 4. The minimum absolute atomic E-state index is 0.339. The molecule has 0 radical (unpaired) electrons. The summed E-state index contributed by atoms with van der Waals surface area (Å²) >= 11 is 3.47. The van der Waals surface area contributed by atoms with Gasteiger partial charge in [0, 0.05) is 4.47 Å². The van der Waals surface area contributed by atoms with Gasteiger partial charge >= 0.3 is 5.97 Å². The Hall–Kier alpha value is -0.830. The molecule has 82 valence electrons. The van der Waals surface area contributed by atoms with Crippen LogP contribution in [0.3, 0.4) is 0 Å². The molecule has 0 fully saturated rings. The second-order valence-electron chi connectivity index (χ2n) is 3.72. The van der Waals surface area contributed by atoms with Crippen molar-refractivity contribution in [2.24, 2.45) is 5.92 Å². The molecule has 1 atom stereocenters. The van der Waals surface area contributed by atoms with Gasteiger partial charge in [-0.2, -0.15) is 0 Å². The van der Waals surface area contributed by atoms with E-state index in [1.165, 1.54) is 5.56 Å². The molecule has 0 amide bonds. The number of carbonyl (C=O) groups is 1. The summed E-state index contributed by atoms with van der Waals surface area (Å²) in [4.78, 5) is 10.7. The van der Waals surface area contributed by atoms with Gasteiger partial charge in [-0.3, -0.25) is 4.79 Å². The van der Waals surface area contributed by atoms with Crippen molar-refractivity contribution in [2.75, 3.05) is 0 Å². The molecule has 1 rings (SSSR count). The predicted octanol–water partition coefficient (Wildman–Crippen LogP) is 3.27. The molecular weight excluding hydrogens is 256 g/mol. The highest BCUT2D eigenvalue weighted by atomic mass is 79.9. The Bertz CT molecular complexity index is 361. The quantitative estimate of drug-likeness (QED) is 0.912. The van der Waals surface area contributed by atoms with Crippen LogP contribution in [-0.2, 0) is 17.6 Å². The highest BCUT2D eigenvalue weighted by Gasteiger charge is 2.13. The zero-order valence-electron chi connectivity index (χ0n) is 8.96. The topological polar surface area (TPSA) is 37.3 Å². The molecule has 2 nitrogen and oxygen atoms in total. The van der Waals surface area contributed by atoms with Crippen molar-refractivity contribution in [3.05, 3.63) is 33.8 Å². The maximum atomic E-state index is 10.7. The number of carboxylic acids is 1. The Kier molecular flexibility index (Phi) is 4.33. The summed E-state index contributed by atoms with van der Waals surface area (Å²) in [5, 5.41) is 8.82. The SMILES string of the molecule is CCc1ccc(C[C@H](C)C(=O)O)c(Br)c1. The molecule has 0 aromatic heterocycles. The second-order valence-corrected chi connectivity index (χ2v) is 4.58. The zero-order chi connectivity index (χ0) is 11.4. The fraction of sp³-hybridized carbons (Fsp3) is 0.417. The molecule has 0 aliphatic carbocycles. The zero-order valence-corrected chi connectivity index (χ0v) is 10.5. The van der Waals surface area contributed by atoms with E-state index in [1.807, 2.05) is 6.07 Å². The maximum Gasteiger partial charge on any atom is 0.306 e. The summed E-state index contributed by atoms with van der Waals surface area (Å²) in [6.45, 7) is 3.82. The molecule has 0 unspecified atom stereocenters. The summed E-state index contributed by atoms with van der Waals surface area (Å²) in [6, 6.07) is 6.11. The van der Waals surface area contributed by atoms with Crippen molar-refractivity contribution in [2.45, 2.75) is 26.7 Å². The number of benzene rings is 1. The number of carboxylic acid groups (broad SMARTS) is 1. The minimum Gasteiger partial charge on any atom is -0.481 e. The summed E-state index contributed by atoms with van der Waals surface area (Å²) in [6.07, 6.45) is 1.56. The number of hydrogen-bond donors (Lipinski definition) is 1. The van der Waals surface area contributed by atoms with E-state index in [1.54, 1.807) is 6.92 Å². The van der Waals surface area contributed by atoms with Gasteiger partial charge < -0.3 is 5.11 Å². The van der Waals surface area contributed by atoms with E-state index >= 15 is 0 Å². The molecule has 0 heterocycles. The summed E-state index contributed by atoms with van der Waals surface area (Å²) < 4.78 is 1.01. The van der Waals surface area contributed by atoms with Crippen molar-refractivity contribution in [3.8, 4) is 0 Å². The minimum atomic E-state index is -0.749. The maximum absolute atomic E-state index is 10.7. The standard InChI is InChI=1S/C12H15BrO2/c1-3-9-4-5-10(11(13)7-9)6-8(2)12(14)15/h4-5,7-8H,3,6H2,1-2H3,(H,14,15)/t8-/m0/s1. The number of aliphatic carboxylic acids is 1. The van der Waals surface area contributed by atoms with E-state index in [-0.39, 0.29) is 5.92 Å². The molecule has 15 heavy (non-hydrogen) atoms. The molecule has 0 bridgehead atoms. The lowest BCUT2D eigenvalue weighted by molar-refractivity contribution is -0.141. The lowest BCUT2D eigenvalue weighted by atomic mass is 10.00. The fourth-order valence-electron chi connectivity index (χ4n) is 1.39. The normalized spacial score (nSPS) is 12.5. The van der Waals surface area contributed by atoms with Crippen LogP contribution in [0, 0.1) is 5.92 Å². The average molecular weight is 271 g/mol. The van der Waals surface area contributed by atoms with Crippen LogP contribution >= 0.6 is 15.9 Å². The highest BCUT2D eigenvalue weighted by molar-refractivity contribution is 9.10. The molecule has 1 N–H and O–H groups in total. The van der Waals surface area contributed by atoms with E-state index in [4.69, 9.17) is 5.11 Å². The van der Waals surface area contributed by atoms with Gasteiger partial charge in [0.25, 0.3) is 0 Å². The molecule has 0 spiro atoms. The van der Waals surface area contributed by atoms with Crippen LogP contribution < -0.4 is 0 Å². The molecule has 1 aromatic carbocycles. The first kappa shape index (κ1) is 12.2. The first-order valence-corrected chi connectivity index (χ1v) is 5.84. The third-order valence-electron chi connectivity index (χ3n) is 2.47. The Balaban J connectivity index is 2.82. The third-order valence-corrected chi connectivity index (χ3v) is 3.21. The predicted molar refractivity (Wildman–Crippen MR) is 64.0 cm³/mol. The van der Waals surface area contributed by atoms with Crippen LogP contribution in [0.1, 0.15) is 25.0 Å². The fourth-order valence-corrected chi connectivity index (χ4v) is 1.98. The van der Waals surface area contributed by atoms with Crippen LogP contribution in [0.2, 0.25) is 0 Å². The monoisotopic (exact) mass is 270 g/mol. The molecule has 0 aliphatic rings. The Labute approximate surface area is 98.4 Å². The van der Waals surface area contributed by atoms with Crippen LogP contribution in [-0.4, -0.2) is 11.1 Å². The first-order valence-electron chi connectivity index (χ1n) is 5.04. The smallest absolute Gasteiger partial charge is 0.306 e. The van der Waals surface area contributed by atoms with Gasteiger partial charge in [0.2, 0.25) is 0 Å². The first-order chi connectivity index (χ1) is 7.04.